The number of carbonyl (C=O) groups is 2. The van der Waals surface area contributed by atoms with E-state index in [0.717, 1.165) is 44.2 Å². The molecule has 178 valence electrons. The maximum atomic E-state index is 12.9. The Bertz CT molecular complexity index is 1100. The summed E-state index contributed by atoms with van der Waals surface area (Å²) in [5.74, 6) is 0.468. The first-order chi connectivity index (χ1) is 16.4. The number of likely N-dealkylation sites (N-methyl/N-ethyl adjacent to an activating group) is 1. The molecule has 3 amide bonds. The molecule has 2 fully saturated rings. The van der Waals surface area contributed by atoms with E-state index in [1.165, 1.54) is 16.0 Å². The van der Waals surface area contributed by atoms with Crippen molar-refractivity contribution >= 4 is 29.5 Å². The molecular weight excluding hydrogens is 452 g/mol. The average Bonchev–Trinajstić information content (AvgIpc) is 3.21. The predicted molar refractivity (Wildman–Crippen MR) is 131 cm³/mol. The number of urea groups is 1. The van der Waals surface area contributed by atoms with Crippen LogP contribution in [0.5, 0.6) is 0 Å². The number of aryl methyl sites for hydroxylation is 1. The Kier molecular flexibility index (Phi) is 6.18. The summed E-state index contributed by atoms with van der Waals surface area (Å²) in [5.41, 5.74) is 3.61. The largest absolute Gasteiger partial charge is 0.340 e. The SMILES string of the molecule is Cc1ccc(CN2CCN(C3=NC4C(C(=O)NC(=O)N4C)N3Cc3ccc(Cl)cc3)CC2)cc1. The van der Waals surface area contributed by atoms with Crippen LogP contribution in [-0.2, 0) is 17.9 Å². The molecule has 5 rings (SSSR count). The number of nitrogens with zero attached hydrogens (tertiary/aromatic N) is 5. The number of piperazine rings is 1. The molecule has 3 aliphatic rings. The predicted octanol–water partition coefficient (Wildman–Crippen LogP) is 2.51. The minimum atomic E-state index is -0.557. The molecule has 2 aromatic rings. The van der Waals surface area contributed by atoms with Crippen LogP contribution < -0.4 is 5.32 Å². The van der Waals surface area contributed by atoms with Gasteiger partial charge in [-0.25, -0.2) is 9.79 Å². The maximum absolute atomic E-state index is 12.9. The lowest BCUT2D eigenvalue weighted by atomic mass is 10.1. The third-order valence-corrected chi connectivity index (χ3v) is 7.04. The molecule has 2 saturated heterocycles. The van der Waals surface area contributed by atoms with Gasteiger partial charge in [-0.3, -0.25) is 15.0 Å². The summed E-state index contributed by atoms with van der Waals surface area (Å²) < 4.78 is 0. The molecule has 9 heteroatoms. The minimum absolute atomic E-state index is 0.307. The van der Waals surface area contributed by atoms with E-state index in [0.29, 0.717) is 11.6 Å². The van der Waals surface area contributed by atoms with E-state index in [-0.39, 0.29) is 5.91 Å². The number of carbonyl (C=O) groups excluding carboxylic acids is 2. The van der Waals surface area contributed by atoms with Gasteiger partial charge in [-0.2, -0.15) is 0 Å². The van der Waals surface area contributed by atoms with E-state index in [9.17, 15) is 9.59 Å². The van der Waals surface area contributed by atoms with E-state index < -0.39 is 18.2 Å². The van der Waals surface area contributed by atoms with Gasteiger partial charge in [-0.05, 0) is 30.2 Å². The van der Waals surface area contributed by atoms with E-state index in [1.807, 2.05) is 29.2 Å². The summed E-state index contributed by atoms with van der Waals surface area (Å²) in [4.78, 5) is 38.2. The van der Waals surface area contributed by atoms with Gasteiger partial charge in [0.15, 0.2) is 18.2 Å². The number of nitrogens with one attached hydrogen (secondary N) is 1. The normalized spacial score (nSPS) is 23.1. The quantitative estimate of drug-likeness (QED) is 0.728. The Morgan fingerprint density at radius 2 is 1.56 bits per heavy atom. The molecule has 34 heavy (non-hydrogen) atoms. The van der Waals surface area contributed by atoms with Crippen molar-refractivity contribution in [2.24, 2.45) is 4.99 Å². The molecule has 0 spiro atoms. The third-order valence-electron chi connectivity index (χ3n) is 6.79. The van der Waals surface area contributed by atoms with Gasteiger partial charge >= 0.3 is 6.03 Å². The van der Waals surface area contributed by atoms with E-state index >= 15 is 0 Å². The highest BCUT2D eigenvalue weighted by molar-refractivity contribution is 6.30. The summed E-state index contributed by atoms with van der Waals surface area (Å²) in [6.07, 6.45) is -0.533. The number of imide groups is 1. The second-order valence-corrected chi connectivity index (χ2v) is 9.63. The molecule has 0 aliphatic carbocycles. The summed E-state index contributed by atoms with van der Waals surface area (Å²) in [6.45, 7) is 6.94. The lowest BCUT2D eigenvalue weighted by molar-refractivity contribution is -0.127. The van der Waals surface area contributed by atoms with Gasteiger partial charge in [-0.1, -0.05) is 53.6 Å². The summed E-state index contributed by atoms with van der Waals surface area (Å²) in [6, 6.07) is 15.3. The topological polar surface area (TPSA) is 71.5 Å². The van der Waals surface area contributed by atoms with Gasteiger partial charge < -0.3 is 14.7 Å². The maximum Gasteiger partial charge on any atom is 0.325 e. The monoisotopic (exact) mass is 480 g/mol. The number of hydrogen-bond donors (Lipinski definition) is 1. The first kappa shape index (κ1) is 22.7. The number of aliphatic imine (C=N–C) groups is 1. The van der Waals surface area contributed by atoms with Crippen LogP contribution in [0.4, 0.5) is 4.79 Å². The van der Waals surface area contributed by atoms with E-state index in [1.54, 1.807) is 7.05 Å². The summed E-state index contributed by atoms with van der Waals surface area (Å²) in [5, 5.41) is 3.14. The Balaban J connectivity index is 1.33. The van der Waals surface area contributed by atoms with Crippen molar-refractivity contribution in [3.05, 3.63) is 70.2 Å². The summed E-state index contributed by atoms with van der Waals surface area (Å²) >= 11 is 6.07. The zero-order valence-electron chi connectivity index (χ0n) is 19.4. The molecule has 2 unspecified atom stereocenters. The smallest absolute Gasteiger partial charge is 0.325 e. The van der Waals surface area contributed by atoms with Crippen LogP contribution in [0.2, 0.25) is 5.02 Å². The number of amides is 3. The molecule has 8 nitrogen and oxygen atoms in total. The number of fused-ring (bicyclic) bond motifs is 1. The fourth-order valence-electron chi connectivity index (χ4n) is 4.79. The van der Waals surface area contributed by atoms with Crippen LogP contribution in [0.3, 0.4) is 0 Å². The van der Waals surface area contributed by atoms with Crippen LogP contribution in [0.15, 0.2) is 53.5 Å². The highest BCUT2D eigenvalue weighted by Gasteiger charge is 2.49. The molecule has 0 aromatic heterocycles. The Morgan fingerprint density at radius 1 is 0.941 bits per heavy atom. The Labute approximate surface area is 204 Å². The molecule has 0 bridgehead atoms. The van der Waals surface area contributed by atoms with Crippen molar-refractivity contribution in [3.63, 3.8) is 0 Å². The standard InChI is InChI=1S/C25H29ClN6O2/c1-17-3-5-18(6-4-17)15-30-11-13-31(14-12-30)24-27-22-21(23(33)28-25(34)29(22)2)32(24)16-19-7-9-20(26)10-8-19/h3-10,21-22H,11-16H2,1-2H3,(H,28,33,34). The van der Waals surface area contributed by atoms with Crippen LogP contribution in [-0.4, -0.2) is 82.9 Å². The van der Waals surface area contributed by atoms with Gasteiger partial charge in [0, 0.05) is 51.3 Å². The minimum Gasteiger partial charge on any atom is -0.340 e. The number of benzene rings is 2. The molecular formula is C25H29ClN6O2. The van der Waals surface area contributed by atoms with Crippen LogP contribution >= 0.6 is 11.6 Å². The van der Waals surface area contributed by atoms with Crippen molar-refractivity contribution < 1.29 is 9.59 Å². The Hall–Kier alpha value is -3.10. The lowest BCUT2D eigenvalue weighted by Crippen LogP contribution is -2.64. The van der Waals surface area contributed by atoms with Crippen molar-refractivity contribution in [1.82, 2.24) is 24.9 Å². The first-order valence-corrected chi connectivity index (χ1v) is 12.0. The third kappa shape index (κ3) is 4.48. The number of hydrogen-bond acceptors (Lipinski definition) is 6. The molecule has 0 saturated carbocycles. The van der Waals surface area contributed by atoms with Crippen LogP contribution in [0, 0.1) is 6.92 Å². The van der Waals surface area contributed by atoms with E-state index in [4.69, 9.17) is 16.6 Å². The van der Waals surface area contributed by atoms with Crippen molar-refractivity contribution in [2.45, 2.75) is 32.2 Å². The number of rotatable bonds is 4. The molecule has 0 radical (unpaired) electrons. The van der Waals surface area contributed by atoms with Gasteiger partial charge in [0.1, 0.15) is 0 Å². The van der Waals surface area contributed by atoms with Crippen LogP contribution in [0.25, 0.3) is 0 Å². The number of guanidine groups is 1. The van der Waals surface area contributed by atoms with Gasteiger partial charge in [0.2, 0.25) is 0 Å². The molecule has 3 aliphatic heterocycles. The second kappa shape index (κ2) is 9.27. The van der Waals surface area contributed by atoms with Crippen LogP contribution in [0.1, 0.15) is 16.7 Å². The van der Waals surface area contributed by atoms with Gasteiger partial charge in [0.25, 0.3) is 5.91 Å². The zero-order valence-corrected chi connectivity index (χ0v) is 20.2. The summed E-state index contributed by atoms with van der Waals surface area (Å²) in [7, 11) is 1.69. The first-order valence-electron chi connectivity index (χ1n) is 11.6. The van der Waals surface area contributed by atoms with Gasteiger partial charge in [0.05, 0.1) is 0 Å². The Morgan fingerprint density at radius 3 is 2.24 bits per heavy atom. The fourth-order valence-corrected chi connectivity index (χ4v) is 4.91. The fraction of sp³-hybridized carbons (Fsp3) is 0.400. The van der Waals surface area contributed by atoms with Crippen molar-refractivity contribution in [1.29, 1.82) is 0 Å². The molecule has 2 atom stereocenters. The van der Waals surface area contributed by atoms with Gasteiger partial charge in [-0.15, -0.1) is 0 Å². The molecule has 3 heterocycles. The van der Waals surface area contributed by atoms with Crippen molar-refractivity contribution in [2.75, 3.05) is 33.2 Å². The average molecular weight is 481 g/mol. The highest BCUT2D eigenvalue weighted by atomic mass is 35.5. The zero-order chi connectivity index (χ0) is 23.8. The second-order valence-electron chi connectivity index (χ2n) is 9.20. The number of halogens is 1. The highest BCUT2D eigenvalue weighted by Crippen LogP contribution is 2.28. The molecule has 1 N–H and O–H groups in total. The molecule has 2 aromatic carbocycles. The lowest BCUT2D eigenvalue weighted by Gasteiger charge is -2.40. The van der Waals surface area contributed by atoms with Crippen molar-refractivity contribution in [3.8, 4) is 0 Å². The van der Waals surface area contributed by atoms with E-state index in [2.05, 4.69) is 46.3 Å².